The summed E-state index contributed by atoms with van der Waals surface area (Å²) in [5, 5.41) is 13.7. The number of aliphatic hydroxyl groups is 1. The van der Waals surface area contributed by atoms with E-state index < -0.39 is 5.60 Å². The first-order valence-electron chi connectivity index (χ1n) is 7.57. The maximum Gasteiger partial charge on any atom is 0.0819 e. The maximum absolute atomic E-state index is 10.3. The molecule has 3 heteroatoms. The van der Waals surface area contributed by atoms with Crippen LogP contribution >= 0.6 is 0 Å². The molecule has 1 saturated carbocycles. The van der Waals surface area contributed by atoms with Crippen molar-refractivity contribution in [2.45, 2.75) is 44.1 Å². The molecule has 0 bridgehead atoms. The topological polar surface area (TPSA) is 35.5 Å². The Morgan fingerprint density at radius 2 is 1.63 bits per heavy atom. The first kappa shape index (κ1) is 12.8. The Kier molecular flexibility index (Phi) is 3.65. The van der Waals surface area contributed by atoms with E-state index >= 15 is 0 Å². The van der Waals surface area contributed by atoms with Gasteiger partial charge in [0.25, 0.3) is 0 Å². The van der Waals surface area contributed by atoms with E-state index in [2.05, 4.69) is 34.5 Å². The molecule has 0 spiro atoms. The van der Waals surface area contributed by atoms with Crippen molar-refractivity contribution in [1.82, 2.24) is 0 Å². The second-order valence-electron chi connectivity index (χ2n) is 6.03. The van der Waals surface area contributed by atoms with E-state index in [4.69, 9.17) is 0 Å². The van der Waals surface area contributed by atoms with Crippen molar-refractivity contribution in [2.75, 3.05) is 29.9 Å². The lowest BCUT2D eigenvalue weighted by molar-refractivity contribution is 0.0615. The monoisotopic (exact) mass is 260 g/mol. The van der Waals surface area contributed by atoms with Gasteiger partial charge in [-0.2, -0.15) is 0 Å². The fourth-order valence-electron chi connectivity index (χ4n) is 3.24. The maximum atomic E-state index is 10.3. The summed E-state index contributed by atoms with van der Waals surface area (Å²) < 4.78 is 0. The molecule has 0 atom stereocenters. The Hall–Kier alpha value is -1.22. The Labute approximate surface area is 115 Å². The second-order valence-corrected chi connectivity index (χ2v) is 6.03. The fraction of sp³-hybridized carbons (Fsp3) is 0.625. The zero-order valence-corrected chi connectivity index (χ0v) is 11.6. The highest BCUT2D eigenvalue weighted by atomic mass is 16.3. The van der Waals surface area contributed by atoms with Crippen LogP contribution in [0.5, 0.6) is 0 Å². The smallest absolute Gasteiger partial charge is 0.0819 e. The van der Waals surface area contributed by atoms with Gasteiger partial charge >= 0.3 is 0 Å². The van der Waals surface area contributed by atoms with Crippen LogP contribution < -0.4 is 10.2 Å². The molecule has 2 N–H and O–H groups in total. The highest BCUT2D eigenvalue weighted by Crippen LogP contribution is 2.30. The predicted molar refractivity (Wildman–Crippen MR) is 79.8 cm³/mol. The van der Waals surface area contributed by atoms with E-state index in [0.29, 0.717) is 6.54 Å². The summed E-state index contributed by atoms with van der Waals surface area (Å²) in [6.07, 6.45) is 6.82. The summed E-state index contributed by atoms with van der Waals surface area (Å²) in [5.41, 5.74) is 1.96. The van der Waals surface area contributed by atoms with Crippen molar-refractivity contribution in [3.05, 3.63) is 24.3 Å². The van der Waals surface area contributed by atoms with Gasteiger partial charge in [-0.25, -0.2) is 0 Å². The Morgan fingerprint density at radius 1 is 1.00 bits per heavy atom. The molecule has 1 aliphatic carbocycles. The van der Waals surface area contributed by atoms with Crippen molar-refractivity contribution in [1.29, 1.82) is 0 Å². The highest BCUT2D eigenvalue weighted by molar-refractivity contribution is 5.55. The van der Waals surface area contributed by atoms with Crippen LogP contribution in [-0.4, -0.2) is 30.3 Å². The van der Waals surface area contributed by atoms with E-state index in [1.807, 2.05) is 0 Å². The van der Waals surface area contributed by atoms with Gasteiger partial charge in [0, 0.05) is 31.0 Å². The van der Waals surface area contributed by atoms with Gasteiger partial charge in [-0.05, 0) is 49.9 Å². The lowest BCUT2D eigenvalue weighted by Crippen LogP contribution is -2.33. The number of anilines is 2. The van der Waals surface area contributed by atoms with Gasteiger partial charge in [0.2, 0.25) is 0 Å². The van der Waals surface area contributed by atoms with Crippen LogP contribution in [0.2, 0.25) is 0 Å². The van der Waals surface area contributed by atoms with Gasteiger partial charge in [0.15, 0.2) is 0 Å². The molecule has 1 saturated heterocycles. The standard InChI is InChI=1S/C16H24N2O/c19-16(9-1-2-10-16)13-17-14-5-7-15(8-6-14)18-11-3-4-12-18/h5-8,17,19H,1-4,9-13H2. The molecule has 0 unspecified atom stereocenters. The summed E-state index contributed by atoms with van der Waals surface area (Å²) in [6.45, 7) is 3.05. The molecule has 3 nitrogen and oxygen atoms in total. The normalized spacial score (nSPS) is 21.8. The molecule has 1 aromatic rings. The van der Waals surface area contributed by atoms with Gasteiger partial charge in [-0.15, -0.1) is 0 Å². The number of hydrogen-bond donors (Lipinski definition) is 2. The molecule has 2 fully saturated rings. The molecule has 19 heavy (non-hydrogen) atoms. The average Bonchev–Trinajstić information content (AvgIpc) is 3.09. The number of rotatable bonds is 4. The molecule has 2 aliphatic rings. The second kappa shape index (κ2) is 5.41. The summed E-state index contributed by atoms with van der Waals surface area (Å²) >= 11 is 0. The van der Waals surface area contributed by atoms with Gasteiger partial charge in [0.05, 0.1) is 5.60 Å². The summed E-state index contributed by atoms with van der Waals surface area (Å²) in [6, 6.07) is 8.64. The molecule has 3 rings (SSSR count). The minimum atomic E-state index is -0.479. The minimum Gasteiger partial charge on any atom is -0.388 e. The van der Waals surface area contributed by atoms with Gasteiger partial charge in [-0.3, -0.25) is 0 Å². The first-order chi connectivity index (χ1) is 9.25. The molecule has 0 aromatic heterocycles. The number of nitrogens with zero attached hydrogens (tertiary/aromatic N) is 1. The van der Waals surface area contributed by atoms with E-state index in [9.17, 15) is 5.11 Å². The fourth-order valence-corrected chi connectivity index (χ4v) is 3.24. The van der Waals surface area contributed by atoms with Crippen LogP contribution in [0.25, 0.3) is 0 Å². The van der Waals surface area contributed by atoms with Crippen molar-refractivity contribution in [3.8, 4) is 0 Å². The SMILES string of the molecule is OC1(CNc2ccc(N3CCCC3)cc2)CCCC1. The number of benzene rings is 1. The molecule has 1 aliphatic heterocycles. The first-order valence-corrected chi connectivity index (χ1v) is 7.57. The lowest BCUT2D eigenvalue weighted by atomic mass is 10.0. The Balaban J connectivity index is 1.56. The molecule has 1 aromatic carbocycles. The van der Waals surface area contributed by atoms with Crippen molar-refractivity contribution < 1.29 is 5.11 Å². The molecule has 1 heterocycles. The van der Waals surface area contributed by atoms with E-state index in [0.717, 1.165) is 31.4 Å². The van der Waals surface area contributed by atoms with Crippen LogP contribution in [0.3, 0.4) is 0 Å². The Bertz CT molecular complexity index is 403. The average molecular weight is 260 g/mol. The molecule has 104 valence electrons. The van der Waals surface area contributed by atoms with Crippen molar-refractivity contribution in [3.63, 3.8) is 0 Å². The highest BCUT2D eigenvalue weighted by Gasteiger charge is 2.30. The minimum absolute atomic E-state index is 0.479. The molecule has 0 radical (unpaired) electrons. The van der Waals surface area contributed by atoms with E-state index in [1.54, 1.807) is 0 Å². The zero-order chi connectivity index (χ0) is 13.1. The summed E-state index contributed by atoms with van der Waals surface area (Å²) in [5.74, 6) is 0. The number of hydrogen-bond acceptors (Lipinski definition) is 3. The molecule has 0 amide bonds. The zero-order valence-electron chi connectivity index (χ0n) is 11.6. The van der Waals surface area contributed by atoms with Crippen LogP contribution in [0, 0.1) is 0 Å². The third-order valence-corrected chi connectivity index (χ3v) is 4.49. The molecular weight excluding hydrogens is 236 g/mol. The van der Waals surface area contributed by atoms with Crippen LogP contribution in [0.4, 0.5) is 11.4 Å². The van der Waals surface area contributed by atoms with Crippen molar-refractivity contribution >= 4 is 11.4 Å². The van der Waals surface area contributed by atoms with Gasteiger partial charge in [-0.1, -0.05) is 12.8 Å². The van der Waals surface area contributed by atoms with E-state index in [1.165, 1.54) is 31.6 Å². The summed E-state index contributed by atoms with van der Waals surface area (Å²) in [4.78, 5) is 2.44. The van der Waals surface area contributed by atoms with Gasteiger partial charge < -0.3 is 15.3 Å². The van der Waals surface area contributed by atoms with Crippen molar-refractivity contribution in [2.24, 2.45) is 0 Å². The quantitative estimate of drug-likeness (QED) is 0.873. The summed E-state index contributed by atoms with van der Waals surface area (Å²) in [7, 11) is 0. The van der Waals surface area contributed by atoms with Crippen LogP contribution in [0.1, 0.15) is 38.5 Å². The molecular formula is C16H24N2O. The third kappa shape index (κ3) is 3.03. The number of nitrogens with one attached hydrogen (secondary N) is 1. The predicted octanol–water partition coefficient (Wildman–Crippen LogP) is 3.00. The van der Waals surface area contributed by atoms with E-state index in [-0.39, 0.29) is 0 Å². The lowest BCUT2D eigenvalue weighted by Gasteiger charge is -2.23. The van der Waals surface area contributed by atoms with Crippen LogP contribution in [-0.2, 0) is 0 Å². The van der Waals surface area contributed by atoms with Gasteiger partial charge in [0.1, 0.15) is 0 Å². The third-order valence-electron chi connectivity index (χ3n) is 4.49. The Morgan fingerprint density at radius 3 is 2.26 bits per heavy atom. The largest absolute Gasteiger partial charge is 0.388 e. The van der Waals surface area contributed by atoms with Crippen LogP contribution in [0.15, 0.2) is 24.3 Å².